The van der Waals surface area contributed by atoms with E-state index in [1.807, 2.05) is 78.9 Å². The highest BCUT2D eigenvalue weighted by atomic mass is 16.5. The minimum absolute atomic E-state index is 0.327. The molecular formula is C24H20N2O3. The Balaban J connectivity index is 1.50. The van der Waals surface area contributed by atoms with Gasteiger partial charge in [0.15, 0.2) is 5.60 Å². The highest BCUT2D eigenvalue weighted by molar-refractivity contribution is 6.11. The number of ether oxygens (including phenoxy) is 1. The predicted molar refractivity (Wildman–Crippen MR) is 112 cm³/mol. The molecule has 4 aromatic rings. The van der Waals surface area contributed by atoms with E-state index in [0.717, 1.165) is 16.7 Å². The Morgan fingerprint density at radius 1 is 0.897 bits per heavy atom. The van der Waals surface area contributed by atoms with Crippen molar-refractivity contribution in [3.8, 4) is 5.75 Å². The van der Waals surface area contributed by atoms with Gasteiger partial charge in [-0.1, -0.05) is 54.6 Å². The molecule has 3 aromatic carbocycles. The zero-order valence-electron chi connectivity index (χ0n) is 15.7. The van der Waals surface area contributed by atoms with Crippen LogP contribution < -0.4 is 9.64 Å². The largest absolute Gasteiger partial charge is 0.492 e. The van der Waals surface area contributed by atoms with E-state index in [-0.39, 0.29) is 5.91 Å². The standard InChI is InChI=1S/C24H20N2O3/c27-23-24(28,20-16-25-21-12-6-4-10-18(20)21)19-11-5-7-13-22(19)26(23)14-15-29-17-8-2-1-3-9-17/h1-13,16,25,28H,14-15H2. The van der Waals surface area contributed by atoms with Crippen LogP contribution in [0.15, 0.2) is 85.1 Å². The number of carbonyl (C=O) groups is 1. The molecule has 2 N–H and O–H groups in total. The second-order valence-corrected chi connectivity index (χ2v) is 7.09. The van der Waals surface area contributed by atoms with Crippen molar-refractivity contribution in [2.24, 2.45) is 0 Å². The summed E-state index contributed by atoms with van der Waals surface area (Å²) in [6.07, 6.45) is 1.73. The molecule has 0 fully saturated rings. The molecule has 1 aromatic heterocycles. The minimum Gasteiger partial charge on any atom is -0.492 e. The molecule has 1 aliphatic heterocycles. The second kappa shape index (κ2) is 6.79. The van der Waals surface area contributed by atoms with Crippen molar-refractivity contribution in [2.45, 2.75) is 5.60 Å². The fraction of sp³-hybridized carbons (Fsp3) is 0.125. The van der Waals surface area contributed by atoms with Gasteiger partial charge in [-0.2, -0.15) is 0 Å². The predicted octanol–water partition coefficient (Wildman–Crippen LogP) is 3.83. The molecule has 5 nitrogen and oxygen atoms in total. The Morgan fingerprint density at radius 3 is 2.48 bits per heavy atom. The lowest BCUT2D eigenvalue weighted by molar-refractivity contribution is -0.132. The maximum atomic E-state index is 13.5. The van der Waals surface area contributed by atoms with Gasteiger partial charge in [0.1, 0.15) is 12.4 Å². The number of aromatic amines is 1. The molecular weight excluding hydrogens is 364 g/mol. The number of hydrogen-bond donors (Lipinski definition) is 2. The number of H-pyrrole nitrogens is 1. The zero-order valence-corrected chi connectivity index (χ0v) is 15.7. The molecule has 0 saturated carbocycles. The summed E-state index contributed by atoms with van der Waals surface area (Å²) in [5.74, 6) is 0.388. The number of aliphatic hydroxyl groups is 1. The van der Waals surface area contributed by atoms with Crippen molar-refractivity contribution >= 4 is 22.5 Å². The van der Waals surface area contributed by atoms with Crippen LogP contribution in [0.25, 0.3) is 10.9 Å². The van der Waals surface area contributed by atoms with Gasteiger partial charge in [-0.05, 0) is 24.3 Å². The van der Waals surface area contributed by atoms with Gasteiger partial charge >= 0.3 is 0 Å². The SMILES string of the molecule is O=C1N(CCOc2ccccc2)c2ccccc2C1(O)c1c[nH]c2ccccc12. The first kappa shape index (κ1) is 17.5. The van der Waals surface area contributed by atoms with Gasteiger partial charge in [-0.15, -0.1) is 0 Å². The average Bonchev–Trinajstić information content (AvgIpc) is 3.29. The van der Waals surface area contributed by atoms with Crippen molar-refractivity contribution in [2.75, 3.05) is 18.1 Å². The fourth-order valence-electron chi connectivity index (χ4n) is 4.06. The summed E-state index contributed by atoms with van der Waals surface area (Å²) in [5, 5.41) is 12.5. The van der Waals surface area contributed by atoms with E-state index in [4.69, 9.17) is 4.74 Å². The van der Waals surface area contributed by atoms with Gasteiger partial charge in [0.2, 0.25) is 0 Å². The Labute approximate surface area is 168 Å². The molecule has 1 atom stereocenters. The lowest BCUT2D eigenvalue weighted by atomic mass is 9.87. The lowest BCUT2D eigenvalue weighted by Gasteiger charge is -2.23. The Kier molecular flexibility index (Phi) is 4.11. The van der Waals surface area contributed by atoms with E-state index < -0.39 is 5.60 Å². The van der Waals surface area contributed by atoms with Crippen molar-refractivity contribution in [3.63, 3.8) is 0 Å². The summed E-state index contributed by atoms with van der Waals surface area (Å²) in [6.45, 7) is 0.670. The lowest BCUT2D eigenvalue weighted by Crippen LogP contribution is -2.42. The number of benzene rings is 3. The van der Waals surface area contributed by atoms with Crippen LogP contribution in [0.3, 0.4) is 0 Å². The van der Waals surface area contributed by atoms with Crippen LogP contribution in [-0.2, 0) is 10.4 Å². The minimum atomic E-state index is -1.73. The number of rotatable bonds is 5. The van der Waals surface area contributed by atoms with Crippen molar-refractivity contribution in [3.05, 3.63) is 96.2 Å². The first-order chi connectivity index (χ1) is 14.2. The molecule has 5 heteroatoms. The number of nitrogens with zero attached hydrogens (tertiary/aromatic N) is 1. The van der Waals surface area contributed by atoms with E-state index in [2.05, 4.69) is 4.98 Å². The van der Waals surface area contributed by atoms with E-state index in [0.29, 0.717) is 30.0 Å². The van der Waals surface area contributed by atoms with Crippen LogP contribution >= 0.6 is 0 Å². The van der Waals surface area contributed by atoms with Gasteiger partial charge in [0.25, 0.3) is 5.91 Å². The molecule has 0 spiro atoms. The molecule has 0 aliphatic carbocycles. The Hall–Kier alpha value is -3.57. The summed E-state index contributed by atoms with van der Waals surface area (Å²) in [4.78, 5) is 18.3. The number of amides is 1. The first-order valence-electron chi connectivity index (χ1n) is 9.58. The summed E-state index contributed by atoms with van der Waals surface area (Å²) in [7, 11) is 0. The number of para-hydroxylation sites is 3. The number of carbonyl (C=O) groups excluding carboxylic acids is 1. The molecule has 144 valence electrons. The fourth-order valence-corrected chi connectivity index (χ4v) is 4.06. The zero-order chi connectivity index (χ0) is 19.8. The van der Waals surface area contributed by atoms with Gasteiger partial charge in [0.05, 0.1) is 12.2 Å². The smallest absolute Gasteiger partial charge is 0.268 e. The normalized spacial score (nSPS) is 18.2. The van der Waals surface area contributed by atoms with Crippen LogP contribution in [0.1, 0.15) is 11.1 Å². The summed E-state index contributed by atoms with van der Waals surface area (Å²) in [5.41, 5.74) is 1.02. The first-order valence-corrected chi connectivity index (χ1v) is 9.58. The van der Waals surface area contributed by atoms with Gasteiger partial charge in [-0.25, -0.2) is 0 Å². The summed E-state index contributed by atoms with van der Waals surface area (Å²) in [6, 6.07) is 24.5. The monoisotopic (exact) mass is 384 g/mol. The molecule has 1 aliphatic rings. The van der Waals surface area contributed by atoms with E-state index in [1.54, 1.807) is 11.1 Å². The molecule has 5 rings (SSSR count). The maximum absolute atomic E-state index is 13.5. The summed E-state index contributed by atoms with van der Waals surface area (Å²) < 4.78 is 5.78. The molecule has 0 bridgehead atoms. The second-order valence-electron chi connectivity index (χ2n) is 7.09. The maximum Gasteiger partial charge on any atom is 0.268 e. The van der Waals surface area contributed by atoms with Crippen LogP contribution in [0, 0.1) is 0 Å². The van der Waals surface area contributed by atoms with Crippen LogP contribution in [0.2, 0.25) is 0 Å². The Bertz CT molecular complexity index is 1180. The van der Waals surface area contributed by atoms with Crippen molar-refractivity contribution in [1.82, 2.24) is 4.98 Å². The number of aromatic nitrogens is 1. The number of anilines is 1. The molecule has 0 saturated heterocycles. The number of fused-ring (bicyclic) bond motifs is 2. The summed E-state index contributed by atoms with van der Waals surface area (Å²) >= 11 is 0. The van der Waals surface area contributed by atoms with Crippen LogP contribution in [0.4, 0.5) is 5.69 Å². The third kappa shape index (κ3) is 2.70. The molecule has 29 heavy (non-hydrogen) atoms. The number of hydrogen-bond acceptors (Lipinski definition) is 3. The van der Waals surface area contributed by atoms with Crippen molar-refractivity contribution < 1.29 is 14.6 Å². The third-order valence-electron chi connectivity index (χ3n) is 5.45. The molecule has 2 heterocycles. The highest BCUT2D eigenvalue weighted by Crippen LogP contribution is 2.46. The highest BCUT2D eigenvalue weighted by Gasteiger charge is 2.51. The van der Waals surface area contributed by atoms with E-state index in [1.165, 1.54) is 0 Å². The third-order valence-corrected chi connectivity index (χ3v) is 5.45. The van der Waals surface area contributed by atoms with Gasteiger partial charge in [-0.3, -0.25) is 4.79 Å². The van der Waals surface area contributed by atoms with Crippen LogP contribution in [0.5, 0.6) is 5.75 Å². The molecule has 1 unspecified atom stereocenters. The quantitative estimate of drug-likeness (QED) is 0.550. The van der Waals surface area contributed by atoms with E-state index >= 15 is 0 Å². The van der Waals surface area contributed by atoms with Crippen molar-refractivity contribution in [1.29, 1.82) is 0 Å². The average molecular weight is 384 g/mol. The Morgan fingerprint density at radius 2 is 1.62 bits per heavy atom. The van der Waals surface area contributed by atoms with Crippen LogP contribution in [-0.4, -0.2) is 29.1 Å². The topological polar surface area (TPSA) is 65.6 Å². The molecule has 0 radical (unpaired) electrons. The number of nitrogens with one attached hydrogen (secondary N) is 1. The van der Waals surface area contributed by atoms with Gasteiger partial charge < -0.3 is 19.7 Å². The van der Waals surface area contributed by atoms with Gasteiger partial charge in [0, 0.05) is 28.2 Å². The molecule has 1 amide bonds. The van der Waals surface area contributed by atoms with E-state index in [9.17, 15) is 9.90 Å².